The van der Waals surface area contributed by atoms with Crippen LogP contribution in [0.4, 0.5) is 5.69 Å². The Balaban J connectivity index is 1.82. The molecule has 106 valence electrons. The molecule has 0 aromatic heterocycles. The van der Waals surface area contributed by atoms with E-state index >= 15 is 0 Å². The highest BCUT2D eigenvalue weighted by Crippen LogP contribution is 2.26. The van der Waals surface area contributed by atoms with Crippen LogP contribution in [0.15, 0.2) is 18.2 Å². The number of nitrogens with two attached hydrogens (primary N) is 1. The van der Waals surface area contributed by atoms with Gasteiger partial charge in [0.2, 0.25) is 0 Å². The predicted octanol–water partition coefficient (Wildman–Crippen LogP) is 2.53. The second-order valence-corrected chi connectivity index (χ2v) is 5.17. The van der Waals surface area contributed by atoms with Crippen molar-refractivity contribution in [1.29, 1.82) is 0 Å². The first kappa shape index (κ1) is 14.0. The van der Waals surface area contributed by atoms with Crippen LogP contribution in [0.5, 0.6) is 11.5 Å². The maximum absolute atomic E-state index is 5.93. The first-order chi connectivity index (χ1) is 9.20. The number of nitrogen functional groups attached to an aromatic ring is 1. The van der Waals surface area contributed by atoms with Gasteiger partial charge in [0.1, 0.15) is 11.5 Å². The van der Waals surface area contributed by atoms with Crippen LogP contribution in [-0.2, 0) is 0 Å². The summed E-state index contributed by atoms with van der Waals surface area (Å²) in [4.78, 5) is 2.43. The number of rotatable bonds is 5. The topological polar surface area (TPSA) is 47.7 Å². The molecule has 2 rings (SSSR count). The van der Waals surface area contributed by atoms with Gasteiger partial charge < -0.3 is 20.1 Å². The summed E-state index contributed by atoms with van der Waals surface area (Å²) in [7, 11) is 3.83. The van der Waals surface area contributed by atoms with Gasteiger partial charge in [-0.3, -0.25) is 0 Å². The van der Waals surface area contributed by atoms with E-state index < -0.39 is 0 Å². The van der Waals surface area contributed by atoms with Gasteiger partial charge in [0, 0.05) is 12.1 Å². The minimum Gasteiger partial charge on any atom is -0.497 e. The van der Waals surface area contributed by atoms with Crippen molar-refractivity contribution in [2.75, 3.05) is 33.0 Å². The summed E-state index contributed by atoms with van der Waals surface area (Å²) < 4.78 is 10.9. The zero-order valence-corrected chi connectivity index (χ0v) is 11.9. The Labute approximate surface area is 115 Å². The normalized spacial score (nSPS) is 20.2. The van der Waals surface area contributed by atoms with Crippen molar-refractivity contribution in [1.82, 2.24) is 4.90 Å². The fourth-order valence-corrected chi connectivity index (χ4v) is 2.60. The molecule has 1 aliphatic rings. The van der Waals surface area contributed by atoms with E-state index in [1.807, 2.05) is 12.1 Å². The summed E-state index contributed by atoms with van der Waals surface area (Å²) in [6.45, 7) is 1.92. The van der Waals surface area contributed by atoms with Gasteiger partial charge in [-0.2, -0.15) is 0 Å². The molecule has 0 spiro atoms. The average molecular weight is 264 g/mol. The smallest absolute Gasteiger partial charge is 0.142 e. The molecule has 19 heavy (non-hydrogen) atoms. The lowest BCUT2D eigenvalue weighted by Crippen LogP contribution is -2.37. The monoisotopic (exact) mass is 264 g/mol. The van der Waals surface area contributed by atoms with Gasteiger partial charge in [-0.25, -0.2) is 0 Å². The highest BCUT2D eigenvalue weighted by Gasteiger charge is 2.18. The van der Waals surface area contributed by atoms with Gasteiger partial charge in [-0.15, -0.1) is 0 Å². The van der Waals surface area contributed by atoms with Crippen molar-refractivity contribution >= 4 is 5.69 Å². The zero-order chi connectivity index (χ0) is 13.7. The number of hydrogen-bond acceptors (Lipinski definition) is 4. The van der Waals surface area contributed by atoms with Gasteiger partial charge in [0.05, 0.1) is 19.4 Å². The molecule has 1 aliphatic heterocycles. The highest BCUT2D eigenvalue weighted by atomic mass is 16.5. The average Bonchev–Trinajstić information content (AvgIpc) is 2.42. The first-order valence-corrected chi connectivity index (χ1v) is 6.97. The molecule has 4 heteroatoms. The van der Waals surface area contributed by atoms with Crippen molar-refractivity contribution in [3.8, 4) is 11.5 Å². The van der Waals surface area contributed by atoms with E-state index in [1.54, 1.807) is 13.2 Å². The van der Waals surface area contributed by atoms with Crippen LogP contribution in [0, 0.1) is 0 Å². The molecule has 1 atom stereocenters. The van der Waals surface area contributed by atoms with Crippen LogP contribution in [0.3, 0.4) is 0 Å². The van der Waals surface area contributed by atoms with Gasteiger partial charge in [0.15, 0.2) is 0 Å². The molecule has 1 fully saturated rings. The molecule has 0 bridgehead atoms. The number of nitrogens with zero attached hydrogens (tertiary/aromatic N) is 1. The van der Waals surface area contributed by atoms with E-state index in [2.05, 4.69) is 11.9 Å². The molecule has 1 aromatic rings. The van der Waals surface area contributed by atoms with Gasteiger partial charge in [-0.1, -0.05) is 6.42 Å². The fraction of sp³-hybridized carbons (Fsp3) is 0.600. The maximum Gasteiger partial charge on any atom is 0.142 e. The van der Waals surface area contributed by atoms with E-state index in [0.29, 0.717) is 18.3 Å². The van der Waals surface area contributed by atoms with Crippen molar-refractivity contribution in [3.63, 3.8) is 0 Å². The summed E-state index contributed by atoms with van der Waals surface area (Å²) >= 11 is 0. The number of benzene rings is 1. The standard InChI is InChI=1S/C15H24N2O2/c1-17-9-4-3-5-12(17)8-10-19-15-7-6-13(18-2)11-14(15)16/h6-7,11-12H,3-5,8-10,16H2,1-2H3. The molecule has 1 heterocycles. The van der Waals surface area contributed by atoms with Crippen LogP contribution < -0.4 is 15.2 Å². The molecular weight excluding hydrogens is 240 g/mol. The van der Waals surface area contributed by atoms with E-state index in [1.165, 1.54) is 25.8 Å². The van der Waals surface area contributed by atoms with Crippen molar-refractivity contribution in [2.24, 2.45) is 0 Å². The second-order valence-electron chi connectivity index (χ2n) is 5.17. The number of ether oxygens (including phenoxy) is 2. The van der Waals surface area contributed by atoms with Crippen LogP contribution in [-0.4, -0.2) is 38.3 Å². The van der Waals surface area contributed by atoms with Crippen LogP contribution in [0.2, 0.25) is 0 Å². The van der Waals surface area contributed by atoms with E-state index in [-0.39, 0.29) is 0 Å². The molecule has 4 nitrogen and oxygen atoms in total. The molecule has 1 aromatic carbocycles. The molecular formula is C15H24N2O2. The Morgan fingerprint density at radius 2 is 2.21 bits per heavy atom. The third-order valence-electron chi connectivity index (χ3n) is 3.85. The van der Waals surface area contributed by atoms with Crippen molar-refractivity contribution < 1.29 is 9.47 Å². The number of likely N-dealkylation sites (tertiary alicyclic amines) is 1. The summed E-state index contributed by atoms with van der Waals surface area (Å²) in [6.07, 6.45) is 4.99. The van der Waals surface area contributed by atoms with Gasteiger partial charge in [-0.05, 0) is 45.0 Å². The summed E-state index contributed by atoms with van der Waals surface area (Å²) in [6, 6.07) is 6.19. The summed E-state index contributed by atoms with van der Waals surface area (Å²) in [5.41, 5.74) is 6.56. The van der Waals surface area contributed by atoms with Gasteiger partial charge in [0.25, 0.3) is 0 Å². The Kier molecular flexibility index (Phi) is 4.91. The molecule has 1 unspecified atom stereocenters. The zero-order valence-electron chi connectivity index (χ0n) is 11.9. The van der Waals surface area contributed by atoms with E-state index in [0.717, 1.165) is 17.9 Å². The largest absolute Gasteiger partial charge is 0.497 e. The lowest BCUT2D eigenvalue weighted by Gasteiger charge is -2.32. The minimum atomic E-state index is 0.636. The Morgan fingerprint density at radius 3 is 2.89 bits per heavy atom. The van der Waals surface area contributed by atoms with Crippen molar-refractivity contribution in [3.05, 3.63) is 18.2 Å². The Bertz CT molecular complexity index is 409. The molecule has 0 radical (unpaired) electrons. The third kappa shape index (κ3) is 3.77. The number of hydrogen-bond donors (Lipinski definition) is 1. The maximum atomic E-state index is 5.93. The van der Waals surface area contributed by atoms with Gasteiger partial charge >= 0.3 is 0 Å². The molecule has 1 saturated heterocycles. The number of anilines is 1. The SMILES string of the molecule is COc1ccc(OCCC2CCCCN2C)c(N)c1. The number of piperidine rings is 1. The van der Waals surface area contributed by atoms with Crippen LogP contribution in [0.1, 0.15) is 25.7 Å². The van der Waals surface area contributed by atoms with E-state index in [9.17, 15) is 0 Å². The van der Waals surface area contributed by atoms with Crippen LogP contribution >= 0.6 is 0 Å². The predicted molar refractivity (Wildman–Crippen MR) is 77.8 cm³/mol. The quantitative estimate of drug-likeness (QED) is 0.830. The third-order valence-corrected chi connectivity index (χ3v) is 3.85. The molecule has 0 amide bonds. The lowest BCUT2D eigenvalue weighted by molar-refractivity contribution is 0.153. The van der Waals surface area contributed by atoms with Crippen LogP contribution in [0.25, 0.3) is 0 Å². The molecule has 0 saturated carbocycles. The Hall–Kier alpha value is -1.42. The fourth-order valence-electron chi connectivity index (χ4n) is 2.60. The summed E-state index contributed by atoms with van der Waals surface area (Å²) in [5, 5.41) is 0. The number of methoxy groups -OCH3 is 1. The van der Waals surface area contributed by atoms with Crippen molar-refractivity contribution in [2.45, 2.75) is 31.7 Å². The lowest BCUT2D eigenvalue weighted by atomic mass is 10.0. The minimum absolute atomic E-state index is 0.636. The molecule has 2 N–H and O–H groups in total. The first-order valence-electron chi connectivity index (χ1n) is 6.97. The van der Waals surface area contributed by atoms with E-state index in [4.69, 9.17) is 15.2 Å². The summed E-state index contributed by atoms with van der Waals surface area (Å²) in [5.74, 6) is 1.51. The molecule has 0 aliphatic carbocycles. The Morgan fingerprint density at radius 1 is 1.37 bits per heavy atom. The highest BCUT2D eigenvalue weighted by molar-refractivity contribution is 5.56. The second kappa shape index (κ2) is 6.66.